The third kappa shape index (κ3) is 5.79. The van der Waals surface area contributed by atoms with Gasteiger partial charge in [0, 0.05) is 25.4 Å². The lowest BCUT2D eigenvalue weighted by Gasteiger charge is -2.30. The van der Waals surface area contributed by atoms with Gasteiger partial charge in [0.2, 0.25) is 0 Å². The number of carbonyl (C=O) groups is 1. The lowest BCUT2D eigenvalue weighted by atomic mass is 9.99. The van der Waals surface area contributed by atoms with Crippen LogP contribution in [0, 0.1) is 5.92 Å². The van der Waals surface area contributed by atoms with Crippen molar-refractivity contribution in [2.75, 3.05) is 32.7 Å². The predicted octanol–water partition coefficient (Wildman–Crippen LogP) is 1.05. The van der Waals surface area contributed by atoms with Gasteiger partial charge in [-0.1, -0.05) is 6.92 Å². The van der Waals surface area contributed by atoms with E-state index in [1.54, 1.807) is 31.0 Å². The maximum atomic E-state index is 11.9. The first-order valence-corrected chi connectivity index (χ1v) is 8.82. The zero-order valence-electron chi connectivity index (χ0n) is 15.1. The van der Waals surface area contributed by atoms with Crippen LogP contribution in [0.25, 0.3) is 0 Å². The second kappa shape index (κ2) is 8.48. The maximum absolute atomic E-state index is 11.9. The van der Waals surface area contributed by atoms with Crippen LogP contribution in [0.4, 0.5) is 4.79 Å². The lowest BCUT2D eigenvalue weighted by molar-refractivity contribution is 0.0593. The molecule has 1 aliphatic heterocycles. The molecule has 0 bridgehead atoms. The minimum Gasteiger partial charge on any atom is -0.383 e. The average Bonchev–Trinajstić information content (AvgIpc) is 2.99. The molecule has 24 heavy (non-hydrogen) atoms. The number of hydrogen-bond donors (Lipinski definition) is 3. The van der Waals surface area contributed by atoms with Gasteiger partial charge in [0.15, 0.2) is 0 Å². The molecular weight excluding hydrogens is 306 g/mol. The number of aryl methyl sites for hydroxylation is 1. The van der Waals surface area contributed by atoms with E-state index in [1.165, 1.54) is 25.9 Å². The van der Waals surface area contributed by atoms with Gasteiger partial charge in [-0.15, -0.1) is 0 Å². The van der Waals surface area contributed by atoms with Crippen molar-refractivity contribution in [3.8, 4) is 0 Å². The van der Waals surface area contributed by atoms with Gasteiger partial charge in [-0.3, -0.25) is 4.68 Å². The highest BCUT2D eigenvalue weighted by atomic mass is 16.3. The van der Waals surface area contributed by atoms with E-state index >= 15 is 0 Å². The molecule has 2 rings (SSSR count). The fourth-order valence-corrected chi connectivity index (χ4v) is 2.91. The molecule has 7 nitrogen and oxygen atoms in total. The van der Waals surface area contributed by atoms with Crippen molar-refractivity contribution in [2.24, 2.45) is 13.0 Å². The summed E-state index contributed by atoms with van der Waals surface area (Å²) >= 11 is 0. The fourth-order valence-electron chi connectivity index (χ4n) is 2.91. The molecule has 136 valence electrons. The minimum atomic E-state index is -1.13. The van der Waals surface area contributed by atoms with Gasteiger partial charge < -0.3 is 20.6 Å². The minimum absolute atomic E-state index is 0.147. The third-order valence-corrected chi connectivity index (χ3v) is 4.73. The molecule has 2 heterocycles. The Balaban J connectivity index is 1.59. The van der Waals surface area contributed by atoms with E-state index in [0.29, 0.717) is 12.1 Å². The van der Waals surface area contributed by atoms with Gasteiger partial charge >= 0.3 is 6.03 Å². The van der Waals surface area contributed by atoms with Crippen molar-refractivity contribution in [3.05, 3.63) is 18.0 Å². The molecule has 0 spiro atoms. The monoisotopic (exact) mass is 337 g/mol. The Hall–Kier alpha value is -1.60. The molecule has 0 saturated carbocycles. The average molecular weight is 337 g/mol. The number of hydrogen-bond acceptors (Lipinski definition) is 4. The maximum Gasteiger partial charge on any atom is 0.314 e. The largest absolute Gasteiger partial charge is 0.383 e. The summed E-state index contributed by atoms with van der Waals surface area (Å²) in [5.74, 6) is 0.845. The highest BCUT2D eigenvalue weighted by Crippen LogP contribution is 2.18. The Kier molecular flexibility index (Phi) is 6.62. The SMILES string of the molecule is CC1CCN(CCCNC(=O)NCC(C)(O)c2cnn(C)c2)CC1. The van der Waals surface area contributed by atoms with Crippen molar-refractivity contribution in [2.45, 2.75) is 38.7 Å². The van der Waals surface area contributed by atoms with Crippen LogP contribution >= 0.6 is 0 Å². The summed E-state index contributed by atoms with van der Waals surface area (Å²) in [6.45, 7) is 8.13. The van der Waals surface area contributed by atoms with Crippen molar-refractivity contribution >= 4 is 6.03 Å². The van der Waals surface area contributed by atoms with E-state index in [4.69, 9.17) is 0 Å². The second-order valence-corrected chi connectivity index (χ2v) is 7.16. The Bertz CT molecular complexity index is 521. The van der Waals surface area contributed by atoms with Crippen molar-refractivity contribution in [3.63, 3.8) is 0 Å². The molecule has 2 amide bonds. The summed E-state index contributed by atoms with van der Waals surface area (Å²) in [5.41, 5.74) is -0.444. The topological polar surface area (TPSA) is 82.4 Å². The zero-order chi connectivity index (χ0) is 17.6. The van der Waals surface area contributed by atoms with Crippen LogP contribution in [0.15, 0.2) is 12.4 Å². The number of aliphatic hydroxyl groups is 1. The van der Waals surface area contributed by atoms with Crippen LogP contribution in [0.2, 0.25) is 0 Å². The molecule has 1 aliphatic rings. The van der Waals surface area contributed by atoms with E-state index in [9.17, 15) is 9.90 Å². The summed E-state index contributed by atoms with van der Waals surface area (Å²) in [6.07, 6.45) is 6.85. The normalized spacial score (nSPS) is 19.0. The van der Waals surface area contributed by atoms with E-state index in [1.807, 2.05) is 0 Å². The predicted molar refractivity (Wildman–Crippen MR) is 93.6 cm³/mol. The quantitative estimate of drug-likeness (QED) is 0.650. The number of nitrogens with one attached hydrogen (secondary N) is 2. The van der Waals surface area contributed by atoms with E-state index in [-0.39, 0.29) is 12.6 Å². The van der Waals surface area contributed by atoms with Crippen molar-refractivity contribution in [1.29, 1.82) is 0 Å². The molecule has 1 aromatic rings. The number of aromatic nitrogens is 2. The number of piperidine rings is 1. The number of rotatable bonds is 7. The Morgan fingerprint density at radius 2 is 2.12 bits per heavy atom. The molecule has 1 fully saturated rings. The van der Waals surface area contributed by atoms with Gasteiger partial charge in [0.25, 0.3) is 0 Å². The molecule has 1 atom stereocenters. The van der Waals surface area contributed by atoms with Gasteiger partial charge in [0.1, 0.15) is 5.60 Å². The Morgan fingerprint density at radius 1 is 1.42 bits per heavy atom. The highest BCUT2D eigenvalue weighted by Gasteiger charge is 2.25. The van der Waals surface area contributed by atoms with E-state index in [2.05, 4.69) is 27.6 Å². The van der Waals surface area contributed by atoms with Crippen molar-refractivity contribution < 1.29 is 9.90 Å². The molecule has 1 saturated heterocycles. The first kappa shape index (κ1) is 18.7. The van der Waals surface area contributed by atoms with Gasteiger partial charge in [-0.05, 0) is 51.7 Å². The van der Waals surface area contributed by atoms with Crippen molar-refractivity contribution in [1.82, 2.24) is 25.3 Å². The first-order valence-electron chi connectivity index (χ1n) is 8.82. The number of nitrogens with zero attached hydrogens (tertiary/aromatic N) is 3. The Morgan fingerprint density at radius 3 is 2.75 bits per heavy atom. The summed E-state index contributed by atoms with van der Waals surface area (Å²) in [7, 11) is 1.79. The fraction of sp³-hybridized carbons (Fsp3) is 0.765. The van der Waals surface area contributed by atoms with Crippen LogP contribution in [0.3, 0.4) is 0 Å². The zero-order valence-corrected chi connectivity index (χ0v) is 15.1. The summed E-state index contributed by atoms with van der Waals surface area (Å²) < 4.78 is 1.63. The van der Waals surface area contributed by atoms with Crippen LogP contribution < -0.4 is 10.6 Å². The van der Waals surface area contributed by atoms with Crippen LogP contribution in [-0.2, 0) is 12.6 Å². The number of carbonyl (C=O) groups excluding carboxylic acids is 1. The smallest absolute Gasteiger partial charge is 0.314 e. The van der Waals surface area contributed by atoms with Crippen LogP contribution in [0.5, 0.6) is 0 Å². The molecule has 0 aromatic carbocycles. The highest BCUT2D eigenvalue weighted by molar-refractivity contribution is 5.73. The summed E-state index contributed by atoms with van der Waals surface area (Å²) in [6, 6.07) is -0.244. The number of urea groups is 1. The third-order valence-electron chi connectivity index (χ3n) is 4.73. The molecule has 1 unspecified atom stereocenters. The standard InChI is InChI=1S/C17H31N5O2/c1-14-5-9-22(10-6-14)8-4-7-18-16(23)19-13-17(2,24)15-11-20-21(3)12-15/h11-12,14,24H,4-10,13H2,1-3H3,(H2,18,19,23). The van der Waals surface area contributed by atoms with Crippen LogP contribution in [-0.4, -0.2) is 58.5 Å². The summed E-state index contributed by atoms with van der Waals surface area (Å²) in [4.78, 5) is 14.3. The van der Waals surface area contributed by atoms with Gasteiger partial charge in [-0.25, -0.2) is 4.79 Å². The summed E-state index contributed by atoms with van der Waals surface area (Å²) in [5, 5.41) is 20.0. The van der Waals surface area contributed by atoms with Gasteiger partial charge in [0.05, 0.1) is 12.7 Å². The molecular formula is C17H31N5O2. The van der Waals surface area contributed by atoms with Gasteiger partial charge in [-0.2, -0.15) is 5.10 Å². The van der Waals surface area contributed by atoms with Crippen LogP contribution in [0.1, 0.15) is 38.7 Å². The second-order valence-electron chi connectivity index (χ2n) is 7.16. The number of likely N-dealkylation sites (tertiary alicyclic amines) is 1. The number of amides is 2. The molecule has 0 aliphatic carbocycles. The van der Waals surface area contributed by atoms with E-state index < -0.39 is 5.60 Å². The molecule has 7 heteroatoms. The molecule has 1 aromatic heterocycles. The Labute approximate surface area is 144 Å². The molecule has 3 N–H and O–H groups in total. The molecule has 0 radical (unpaired) electrons. The van der Waals surface area contributed by atoms with E-state index in [0.717, 1.165) is 18.9 Å². The lowest BCUT2D eigenvalue weighted by Crippen LogP contribution is -2.44. The first-order chi connectivity index (χ1) is 11.4.